The molecule has 236 valence electrons. The van der Waals surface area contributed by atoms with E-state index in [1.165, 1.54) is 10.7 Å². The van der Waals surface area contributed by atoms with Crippen molar-refractivity contribution in [1.29, 1.82) is 0 Å². The van der Waals surface area contributed by atoms with Gasteiger partial charge < -0.3 is 19.1 Å². The Morgan fingerprint density at radius 1 is 0.932 bits per heavy atom. The molecule has 0 aliphatic carbocycles. The lowest BCUT2D eigenvalue weighted by atomic mass is 10.1. The standard InChI is InChI=1S/C31H38ClFN6O5/c1-17-14-37(15-18(2)38(17)28(40)43-30(3,4)5)20-11-22(32)25-24(12-20)39(29(41)44-31(6,7)8)35-27(25)42-21-10-19-16-36(9)34-26(19)23(33)13-21/h10-13,16-18H,14-15H2,1-9H3/t17-,18+. The largest absolute Gasteiger partial charge is 0.444 e. The molecule has 1 fully saturated rings. The number of aromatic nitrogens is 4. The van der Waals surface area contributed by atoms with E-state index in [2.05, 4.69) is 15.1 Å². The third-order valence-corrected chi connectivity index (χ3v) is 7.30. The summed E-state index contributed by atoms with van der Waals surface area (Å²) in [5, 5.41) is 9.75. The maximum Gasteiger partial charge on any atom is 0.435 e. The Morgan fingerprint density at radius 2 is 1.55 bits per heavy atom. The molecule has 5 rings (SSSR count). The fourth-order valence-corrected chi connectivity index (χ4v) is 5.70. The van der Waals surface area contributed by atoms with E-state index < -0.39 is 23.1 Å². The van der Waals surface area contributed by atoms with Crippen molar-refractivity contribution in [2.45, 2.75) is 78.7 Å². The summed E-state index contributed by atoms with van der Waals surface area (Å²) in [6.07, 6.45) is 0.583. The van der Waals surface area contributed by atoms with Crippen LogP contribution >= 0.6 is 11.6 Å². The summed E-state index contributed by atoms with van der Waals surface area (Å²) in [7, 11) is 1.70. The molecule has 1 amide bonds. The lowest BCUT2D eigenvalue weighted by molar-refractivity contribution is 0.00562. The zero-order valence-corrected chi connectivity index (χ0v) is 27.2. The topological polar surface area (TPSA) is 104 Å². The zero-order valence-electron chi connectivity index (χ0n) is 26.4. The number of carbonyl (C=O) groups excluding carboxylic acids is 2. The van der Waals surface area contributed by atoms with Crippen molar-refractivity contribution in [3.63, 3.8) is 0 Å². The van der Waals surface area contributed by atoms with Gasteiger partial charge in [0.2, 0.25) is 5.88 Å². The van der Waals surface area contributed by atoms with Gasteiger partial charge in [-0.05, 0) is 73.6 Å². The Kier molecular flexibility index (Phi) is 7.94. The zero-order chi connectivity index (χ0) is 32.3. The highest BCUT2D eigenvalue weighted by molar-refractivity contribution is 6.36. The van der Waals surface area contributed by atoms with E-state index in [1.54, 1.807) is 57.1 Å². The van der Waals surface area contributed by atoms with Gasteiger partial charge in [-0.2, -0.15) is 9.78 Å². The van der Waals surface area contributed by atoms with Crippen molar-refractivity contribution in [1.82, 2.24) is 24.5 Å². The molecule has 2 aromatic carbocycles. The minimum Gasteiger partial charge on any atom is -0.444 e. The molecule has 4 aromatic rings. The first-order valence-corrected chi connectivity index (χ1v) is 14.8. The normalized spacial score (nSPS) is 17.8. The minimum absolute atomic E-state index is 0.0153. The summed E-state index contributed by atoms with van der Waals surface area (Å²) >= 11 is 6.87. The number of piperazine rings is 1. The van der Waals surface area contributed by atoms with Crippen LogP contribution in [-0.4, -0.2) is 73.0 Å². The van der Waals surface area contributed by atoms with Gasteiger partial charge in [0, 0.05) is 43.5 Å². The molecule has 1 saturated heterocycles. The number of hydrogen-bond donors (Lipinski definition) is 0. The summed E-state index contributed by atoms with van der Waals surface area (Å²) in [6, 6.07) is 6.07. The van der Waals surface area contributed by atoms with Gasteiger partial charge in [0.25, 0.3) is 0 Å². The number of aryl methyl sites for hydroxylation is 1. The average molecular weight is 629 g/mol. The van der Waals surface area contributed by atoms with Crippen LogP contribution in [0.1, 0.15) is 55.4 Å². The molecule has 0 unspecified atom stereocenters. The maximum atomic E-state index is 14.8. The van der Waals surface area contributed by atoms with Crippen LogP contribution in [0, 0.1) is 5.82 Å². The first-order valence-electron chi connectivity index (χ1n) is 14.4. The van der Waals surface area contributed by atoms with Crippen LogP contribution < -0.4 is 9.64 Å². The minimum atomic E-state index is -0.797. The third kappa shape index (κ3) is 6.40. The van der Waals surface area contributed by atoms with Gasteiger partial charge in [0.1, 0.15) is 22.5 Å². The Labute approximate surface area is 260 Å². The number of hydrogen-bond acceptors (Lipinski definition) is 8. The Bertz CT molecular complexity index is 1740. The average Bonchev–Trinajstić information content (AvgIpc) is 3.42. The van der Waals surface area contributed by atoms with E-state index in [0.29, 0.717) is 29.4 Å². The number of rotatable bonds is 3. The first kappa shape index (κ1) is 31.4. The number of anilines is 1. The van der Waals surface area contributed by atoms with Gasteiger partial charge in [-0.25, -0.2) is 14.0 Å². The van der Waals surface area contributed by atoms with E-state index in [1.807, 2.05) is 34.6 Å². The molecule has 1 aliphatic rings. The van der Waals surface area contributed by atoms with Crippen molar-refractivity contribution < 1.29 is 28.2 Å². The summed E-state index contributed by atoms with van der Waals surface area (Å²) in [6.45, 7) is 15.7. The monoisotopic (exact) mass is 628 g/mol. The van der Waals surface area contributed by atoms with E-state index >= 15 is 0 Å². The highest BCUT2D eigenvalue weighted by atomic mass is 35.5. The molecule has 0 N–H and O–H groups in total. The number of carbonyl (C=O) groups is 2. The van der Waals surface area contributed by atoms with Crippen molar-refractivity contribution >= 4 is 51.3 Å². The predicted molar refractivity (Wildman–Crippen MR) is 166 cm³/mol. The second-order valence-corrected chi connectivity index (χ2v) is 13.7. The van der Waals surface area contributed by atoms with Gasteiger partial charge in [0.15, 0.2) is 5.82 Å². The molecule has 2 aromatic heterocycles. The second kappa shape index (κ2) is 11.1. The maximum absolute atomic E-state index is 14.8. The van der Waals surface area contributed by atoms with Gasteiger partial charge in [-0.1, -0.05) is 11.6 Å². The lowest BCUT2D eigenvalue weighted by Gasteiger charge is -2.45. The summed E-state index contributed by atoms with van der Waals surface area (Å²) in [5.74, 6) is -0.377. The van der Waals surface area contributed by atoms with Gasteiger partial charge in [-0.15, -0.1) is 5.10 Å². The molecule has 0 bridgehead atoms. The smallest absolute Gasteiger partial charge is 0.435 e. The van der Waals surface area contributed by atoms with Crippen LogP contribution in [0.25, 0.3) is 21.8 Å². The van der Waals surface area contributed by atoms with E-state index in [-0.39, 0.29) is 40.3 Å². The van der Waals surface area contributed by atoms with Crippen LogP contribution in [0.2, 0.25) is 5.02 Å². The second-order valence-electron chi connectivity index (χ2n) is 13.3. The molecule has 0 saturated carbocycles. The predicted octanol–water partition coefficient (Wildman–Crippen LogP) is 7.13. The fraction of sp³-hybridized carbons (Fsp3) is 0.484. The summed E-state index contributed by atoms with van der Waals surface area (Å²) in [5.41, 5.74) is -0.114. The summed E-state index contributed by atoms with van der Waals surface area (Å²) < 4.78 is 34.8. The molecule has 3 heterocycles. The fourth-order valence-electron chi connectivity index (χ4n) is 5.41. The molecule has 0 spiro atoms. The lowest BCUT2D eigenvalue weighted by Crippen LogP contribution is -2.59. The number of benzene rings is 2. The molecular weight excluding hydrogens is 591 g/mol. The molecule has 13 heteroatoms. The quantitative estimate of drug-likeness (QED) is 0.236. The Balaban J connectivity index is 1.53. The van der Waals surface area contributed by atoms with E-state index in [9.17, 15) is 14.0 Å². The molecular formula is C31H38ClFN6O5. The molecule has 44 heavy (non-hydrogen) atoms. The van der Waals surface area contributed by atoms with Crippen LogP contribution in [0.3, 0.4) is 0 Å². The Morgan fingerprint density at radius 3 is 2.16 bits per heavy atom. The first-order chi connectivity index (χ1) is 20.4. The third-order valence-electron chi connectivity index (χ3n) is 7.01. The molecule has 1 aliphatic heterocycles. The number of fused-ring (bicyclic) bond motifs is 2. The van der Waals surface area contributed by atoms with Gasteiger partial charge in [0.05, 0.1) is 28.0 Å². The highest BCUT2D eigenvalue weighted by Gasteiger charge is 2.36. The molecule has 2 atom stereocenters. The van der Waals surface area contributed by atoms with Crippen molar-refractivity contribution in [2.75, 3.05) is 18.0 Å². The van der Waals surface area contributed by atoms with Gasteiger partial charge >= 0.3 is 12.2 Å². The van der Waals surface area contributed by atoms with E-state index in [4.69, 9.17) is 25.8 Å². The number of amides is 1. The number of halogens is 2. The van der Waals surface area contributed by atoms with Gasteiger partial charge in [-0.3, -0.25) is 9.58 Å². The van der Waals surface area contributed by atoms with Crippen LogP contribution in [0.4, 0.5) is 19.7 Å². The molecule has 0 radical (unpaired) electrons. The van der Waals surface area contributed by atoms with Crippen molar-refractivity contribution in [2.24, 2.45) is 7.05 Å². The van der Waals surface area contributed by atoms with Crippen LogP contribution in [0.15, 0.2) is 30.5 Å². The van der Waals surface area contributed by atoms with E-state index in [0.717, 1.165) is 10.4 Å². The number of ether oxygens (including phenoxy) is 3. The van der Waals surface area contributed by atoms with Crippen LogP contribution in [-0.2, 0) is 16.5 Å². The van der Waals surface area contributed by atoms with Crippen LogP contribution in [0.5, 0.6) is 11.6 Å². The van der Waals surface area contributed by atoms with Crippen molar-refractivity contribution in [3.8, 4) is 11.6 Å². The SMILES string of the molecule is C[C@@H]1CN(c2cc(Cl)c3c(Oc4cc(F)c5nn(C)cc5c4)nn(C(=O)OC(C)(C)C)c3c2)C[C@H](C)N1C(=O)OC(C)(C)C. The highest BCUT2D eigenvalue weighted by Crippen LogP contribution is 2.39. The van der Waals surface area contributed by atoms with Crippen molar-refractivity contribution in [3.05, 3.63) is 41.3 Å². The molecule has 11 nitrogen and oxygen atoms in total. The Hall–Kier alpha value is -4.06. The number of nitrogens with zero attached hydrogens (tertiary/aromatic N) is 6. The summed E-state index contributed by atoms with van der Waals surface area (Å²) in [4.78, 5) is 30.1.